The SMILES string of the molecule is CC1(C)c2cc(-c3ccc(N(c4ccccc4)c4ccc(C#N)cc4)cc3)cc3ccc4cc(-c5cccnc5)cc1c4c23. The smallest absolute Gasteiger partial charge is 0.0991 e. The van der Waals surface area contributed by atoms with Crippen LogP contribution < -0.4 is 4.90 Å². The Balaban J connectivity index is 1.21. The van der Waals surface area contributed by atoms with Gasteiger partial charge in [-0.15, -0.1) is 0 Å². The number of nitrogens with zero attached hydrogens (tertiary/aromatic N) is 3. The number of hydrogen-bond donors (Lipinski definition) is 0. The zero-order valence-corrected chi connectivity index (χ0v) is 24.6. The molecule has 8 rings (SSSR count). The van der Waals surface area contributed by atoms with E-state index in [0.717, 1.165) is 22.6 Å². The van der Waals surface area contributed by atoms with Gasteiger partial charge in [0.25, 0.3) is 0 Å². The molecule has 1 aliphatic rings. The van der Waals surface area contributed by atoms with Crippen LogP contribution in [0.25, 0.3) is 43.8 Å². The molecule has 7 aromatic rings. The number of aromatic nitrogens is 1. The van der Waals surface area contributed by atoms with Gasteiger partial charge in [-0.1, -0.05) is 62.4 Å². The van der Waals surface area contributed by atoms with Gasteiger partial charge >= 0.3 is 0 Å². The standard InChI is InChI=1S/C41H29N3/c1-41(2)37-23-32(21-29-12-13-30-22-33(31-7-6-20-43-26-31)24-38(41)40(30)39(29)37)28-14-18-36(19-15-28)44(34-8-4-3-5-9-34)35-16-10-27(25-42)11-17-35/h3-24,26H,1-2H3. The maximum Gasteiger partial charge on any atom is 0.0991 e. The largest absolute Gasteiger partial charge is 0.311 e. The Labute approximate surface area is 257 Å². The predicted octanol–water partition coefficient (Wildman–Crippen LogP) is 10.7. The molecule has 0 amide bonds. The van der Waals surface area contributed by atoms with E-state index in [9.17, 15) is 5.26 Å². The molecule has 0 radical (unpaired) electrons. The summed E-state index contributed by atoms with van der Waals surface area (Å²) >= 11 is 0. The summed E-state index contributed by atoms with van der Waals surface area (Å²) < 4.78 is 0. The van der Waals surface area contributed by atoms with Crippen LogP contribution in [-0.2, 0) is 5.41 Å². The second-order valence-electron chi connectivity index (χ2n) is 12.1. The van der Waals surface area contributed by atoms with E-state index in [0.29, 0.717) is 5.56 Å². The molecule has 1 aliphatic carbocycles. The minimum absolute atomic E-state index is 0.131. The molecule has 0 bridgehead atoms. The fraction of sp³-hybridized carbons (Fsp3) is 0.0732. The molecule has 0 aliphatic heterocycles. The molecule has 1 heterocycles. The summed E-state index contributed by atoms with van der Waals surface area (Å²) in [5.74, 6) is 0. The Morgan fingerprint density at radius 3 is 1.70 bits per heavy atom. The molecule has 0 saturated carbocycles. The highest BCUT2D eigenvalue weighted by molar-refractivity contribution is 6.16. The lowest BCUT2D eigenvalue weighted by molar-refractivity contribution is 0.663. The fourth-order valence-electron chi connectivity index (χ4n) is 6.84. The monoisotopic (exact) mass is 563 g/mol. The third-order valence-corrected chi connectivity index (χ3v) is 9.10. The van der Waals surface area contributed by atoms with Crippen molar-refractivity contribution < 1.29 is 0 Å². The van der Waals surface area contributed by atoms with Crippen molar-refractivity contribution in [3.05, 3.63) is 156 Å². The van der Waals surface area contributed by atoms with Crippen LogP contribution in [-0.4, -0.2) is 4.98 Å². The van der Waals surface area contributed by atoms with Crippen molar-refractivity contribution in [2.75, 3.05) is 4.90 Å². The molecule has 0 saturated heterocycles. The Bertz CT molecular complexity index is 2230. The molecule has 0 spiro atoms. The topological polar surface area (TPSA) is 39.9 Å². The van der Waals surface area contributed by atoms with E-state index in [-0.39, 0.29) is 5.41 Å². The Morgan fingerprint density at radius 1 is 0.568 bits per heavy atom. The molecule has 0 fully saturated rings. The van der Waals surface area contributed by atoms with Crippen molar-refractivity contribution in [3.63, 3.8) is 0 Å². The van der Waals surface area contributed by atoms with Gasteiger partial charge in [-0.3, -0.25) is 4.98 Å². The zero-order valence-electron chi connectivity index (χ0n) is 24.6. The van der Waals surface area contributed by atoms with E-state index in [1.807, 2.05) is 48.8 Å². The average molecular weight is 564 g/mol. The summed E-state index contributed by atoms with van der Waals surface area (Å²) in [6, 6.07) is 47.2. The van der Waals surface area contributed by atoms with Crippen LogP contribution in [0, 0.1) is 11.3 Å². The van der Waals surface area contributed by atoms with Crippen LogP contribution in [0.2, 0.25) is 0 Å². The highest BCUT2D eigenvalue weighted by atomic mass is 15.1. The Kier molecular flexibility index (Phi) is 5.86. The maximum atomic E-state index is 9.31. The van der Waals surface area contributed by atoms with Gasteiger partial charge in [0.05, 0.1) is 11.6 Å². The first-order valence-electron chi connectivity index (χ1n) is 14.9. The van der Waals surface area contributed by atoms with Crippen LogP contribution in [0.5, 0.6) is 0 Å². The molecule has 44 heavy (non-hydrogen) atoms. The Hall–Kier alpha value is -5.72. The van der Waals surface area contributed by atoms with Crippen LogP contribution in [0.3, 0.4) is 0 Å². The van der Waals surface area contributed by atoms with E-state index in [4.69, 9.17) is 0 Å². The number of para-hydroxylation sites is 1. The third-order valence-electron chi connectivity index (χ3n) is 9.10. The number of benzene rings is 6. The normalized spacial score (nSPS) is 12.9. The second kappa shape index (κ2) is 9.93. The van der Waals surface area contributed by atoms with Crippen molar-refractivity contribution in [2.45, 2.75) is 19.3 Å². The van der Waals surface area contributed by atoms with E-state index < -0.39 is 0 Å². The molecule has 3 heteroatoms. The average Bonchev–Trinajstić information content (AvgIpc) is 3.31. The number of nitriles is 1. The second-order valence-corrected chi connectivity index (χ2v) is 12.1. The number of rotatable bonds is 5. The maximum absolute atomic E-state index is 9.31. The lowest BCUT2D eigenvalue weighted by atomic mass is 9.80. The predicted molar refractivity (Wildman–Crippen MR) is 182 cm³/mol. The molecule has 6 aromatic carbocycles. The zero-order chi connectivity index (χ0) is 29.8. The number of anilines is 3. The molecular weight excluding hydrogens is 534 g/mol. The first kappa shape index (κ1) is 25.9. The van der Waals surface area contributed by atoms with Crippen molar-refractivity contribution in [1.29, 1.82) is 5.26 Å². The first-order valence-corrected chi connectivity index (χ1v) is 14.9. The highest BCUT2D eigenvalue weighted by Crippen LogP contribution is 2.51. The molecule has 0 N–H and O–H groups in total. The minimum Gasteiger partial charge on any atom is -0.311 e. The van der Waals surface area contributed by atoms with Gasteiger partial charge in [0.15, 0.2) is 0 Å². The molecule has 0 unspecified atom stereocenters. The van der Waals surface area contributed by atoms with Gasteiger partial charge in [-0.05, 0) is 128 Å². The summed E-state index contributed by atoms with van der Waals surface area (Å²) in [4.78, 5) is 6.59. The van der Waals surface area contributed by atoms with Crippen molar-refractivity contribution in [3.8, 4) is 28.3 Å². The summed E-state index contributed by atoms with van der Waals surface area (Å²) in [7, 11) is 0. The van der Waals surface area contributed by atoms with Crippen molar-refractivity contribution >= 4 is 38.6 Å². The molecular formula is C41H29N3. The molecule has 208 valence electrons. The van der Waals surface area contributed by atoms with Crippen molar-refractivity contribution in [1.82, 2.24) is 4.98 Å². The fourth-order valence-corrected chi connectivity index (χ4v) is 6.84. The quantitative estimate of drug-likeness (QED) is 0.196. The van der Waals surface area contributed by atoms with Gasteiger partial charge in [0.2, 0.25) is 0 Å². The van der Waals surface area contributed by atoms with Gasteiger partial charge in [0, 0.05) is 40.4 Å². The molecule has 1 aromatic heterocycles. The summed E-state index contributed by atoms with van der Waals surface area (Å²) in [5.41, 5.74) is 11.2. The highest BCUT2D eigenvalue weighted by Gasteiger charge is 2.35. The van der Waals surface area contributed by atoms with Gasteiger partial charge in [-0.25, -0.2) is 0 Å². The summed E-state index contributed by atoms with van der Waals surface area (Å²) in [5, 5.41) is 14.6. The van der Waals surface area contributed by atoms with Crippen molar-refractivity contribution in [2.24, 2.45) is 0 Å². The van der Waals surface area contributed by atoms with Gasteiger partial charge in [-0.2, -0.15) is 5.26 Å². The van der Waals surface area contributed by atoms with Crippen LogP contribution in [0.15, 0.2) is 140 Å². The van der Waals surface area contributed by atoms with E-state index in [1.165, 1.54) is 49.4 Å². The number of hydrogen-bond acceptors (Lipinski definition) is 3. The van der Waals surface area contributed by atoms with E-state index in [2.05, 4.69) is 121 Å². The molecule has 0 atom stereocenters. The summed E-state index contributed by atoms with van der Waals surface area (Å²) in [6.45, 7) is 4.71. The van der Waals surface area contributed by atoms with E-state index >= 15 is 0 Å². The summed E-state index contributed by atoms with van der Waals surface area (Å²) in [6.07, 6.45) is 3.77. The number of pyridine rings is 1. The van der Waals surface area contributed by atoms with Gasteiger partial charge < -0.3 is 4.90 Å². The molecule has 3 nitrogen and oxygen atoms in total. The lowest BCUT2D eigenvalue weighted by Gasteiger charge is -2.26. The van der Waals surface area contributed by atoms with Crippen LogP contribution >= 0.6 is 0 Å². The lowest BCUT2D eigenvalue weighted by Crippen LogP contribution is -2.15. The van der Waals surface area contributed by atoms with Crippen LogP contribution in [0.4, 0.5) is 17.1 Å². The Morgan fingerprint density at radius 2 is 1.14 bits per heavy atom. The third kappa shape index (κ3) is 4.07. The first-order chi connectivity index (χ1) is 21.5. The van der Waals surface area contributed by atoms with E-state index in [1.54, 1.807) is 0 Å². The minimum atomic E-state index is -0.131. The van der Waals surface area contributed by atoms with Crippen LogP contribution in [0.1, 0.15) is 30.5 Å². The van der Waals surface area contributed by atoms with Gasteiger partial charge in [0.1, 0.15) is 0 Å².